The molecule has 12 heteroatoms. The summed E-state index contributed by atoms with van der Waals surface area (Å²) in [7, 11) is -4.30. The zero-order valence-electron chi connectivity index (χ0n) is 27.7. The SMILES string of the molecule is CCOc1ccc(N(CC(=O)N(Cc2ccc(Cl)cc2Cl)C(Cc2ccccc2)C(=O)NC2CCCCC2)S(=O)(=O)c2ccc(Cl)cc2)cc1. The molecular formula is C38H40Cl3N3O5S. The first-order chi connectivity index (χ1) is 24.0. The molecule has 1 saturated carbocycles. The fourth-order valence-corrected chi connectivity index (χ4v) is 8.08. The van der Waals surface area contributed by atoms with Gasteiger partial charge >= 0.3 is 0 Å². The number of benzene rings is 4. The summed E-state index contributed by atoms with van der Waals surface area (Å²) >= 11 is 18.9. The van der Waals surface area contributed by atoms with Crippen molar-refractivity contribution in [1.82, 2.24) is 10.2 Å². The van der Waals surface area contributed by atoms with E-state index in [0.717, 1.165) is 42.0 Å². The van der Waals surface area contributed by atoms with Crippen LogP contribution in [-0.4, -0.2) is 50.4 Å². The second-order valence-corrected chi connectivity index (χ2v) is 15.3. The van der Waals surface area contributed by atoms with Crippen LogP contribution in [0.25, 0.3) is 0 Å². The van der Waals surface area contributed by atoms with Gasteiger partial charge in [0.15, 0.2) is 0 Å². The summed E-state index contributed by atoms with van der Waals surface area (Å²) in [5.41, 5.74) is 1.64. The molecule has 4 aromatic carbocycles. The van der Waals surface area contributed by atoms with Gasteiger partial charge in [0.1, 0.15) is 18.3 Å². The van der Waals surface area contributed by atoms with Gasteiger partial charge in [-0.25, -0.2) is 8.42 Å². The van der Waals surface area contributed by atoms with Gasteiger partial charge in [-0.3, -0.25) is 13.9 Å². The van der Waals surface area contributed by atoms with Crippen molar-refractivity contribution in [3.05, 3.63) is 123 Å². The molecule has 1 atom stereocenters. The number of carbonyl (C=O) groups is 2. The number of nitrogens with one attached hydrogen (secondary N) is 1. The molecule has 0 bridgehead atoms. The topological polar surface area (TPSA) is 96.0 Å². The summed E-state index contributed by atoms with van der Waals surface area (Å²) in [6.07, 6.45) is 5.04. The molecule has 0 heterocycles. The van der Waals surface area contributed by atoms with E-state index in [1.165, 1.54) is 29.2 Å². The van der Waals surface area contributed by atoms with Gasteiger partial charge in [-0.1, -0.05) is 90.5 Å². The third-order valence-electron chi connectivity index (χ3n) is 8.69. The van der Waals surface area contributed by atoms with Gasteiger partial charge in [-0.05, 0) is 91.6 Å². The highest BCUT2D eigenvalue weighted by molar-refractivity contribution is 7.92. The van der Waals surface area contributed by atoms with Crippen LogP contribution in [0.15, 0.2) is 102 Å². The summed E-state index contributed by atoms with van der Waals surface area (Å²) < 4.78 is 35.2. The molecule has 1 unspecified atom stereocenters. The van der Waals surface area contributed by atoms with Crippen LogP contribution in [0.5, 0.6) is 5.75 Å². The lowest BCUT2D eigenvalue weighted by atomic mass is 9.94. The normalized spacial score (nSPS) is 14.1. The maximum absolute atomic E-state index is 14.8. The van der Waals surface area contributed by atoms with Crippen molar-refractivity contribution < 1.29 is 22.7 Å². The average molecular weight is 757 g/mol. The van der Waals surface area contributed by atoms with Gasteiger partial charge in [0.25, 0.3) is 10.0 Å². The third kappa shape index (κ3) is 9.72. The van der Waals surface area contributed by atoms with Crippen LogP contribution in [0.1, 0.15) is 50.2 Å². The smallest absolute Gasteiger partial charge is 0.264 e. The Kier molecular flexibility index (Phi) is 13.1. The zero-order chi connectivity index (χ0) is 35.7. The van der Waals surface area contributed by atoms with Gasteiger partial charge in [-0.2, -0.15) is 0 Å². The van der Waals surface area contributed by atoms with Crippen molar-refractivity contribution in [2.75, 3.05) is 17.5 Å². The first kappa shape index (κ1) is 37.5. The Bertz CT molecular complexity index is 1850. The lowest BCUT2D eigenvalue weighted by Gasteiger charge is -2.35. The van der Waals surface area contributed by atoms with Crippen molar-refractivity contribution >= 4 is 62.3 Å². The molecular weight excluding hydrogens is 717 g/mol. The van der Waals surface area contributed by atoms with Crippen molar-refractivity contribution in [1.29, 1.82) is 0 Å². The summed E-state index contributed by atoms with van der Waals surface area (Å²) in [4.78, 5) is 30.4. The molecule has 50 heavy (non-hydrogen) atoms. The molecule has 5 rings (SSSR count). The standard InChI is InChI=1S/C38H40Cl3N3O5S/c1-2-49-33-19-17-32(18-20-33)44(50(47,48)34-21-15-29(39)16-22-34)26-37(45)43(25-28-13-14-30(40)24-35(28)41)36(23-27-9-5-3-6-10-27)38(46)42-31-11-7-4-8-12-31/h3,5-6,9-10,13-22,24,31,36H,2,4,7-8,11-12,23,25-26H2,1H3,(H,42,46). The maximum atomic E-state index is 14.8. The van der Waals surface area contributed by atoms with E-state index in [-0.39, 0.29) is 35.5 Å². The molecule has 0 spiro atoms. The number of halogens is 3. The average Bonchev–Trinajstić information content (AvgIpc) is 3.11. The van der Waals surface area contributed by atoms with E-state index < -0.39 is 28.5 Å². The van der Waals surface area contributed by atoms with Crippen LogP contribution in [-0.2, 0) is 32.6 Å². The second-order valence-electron chi connectivity index (χ2n) is 12.2. The Morgan fingerprint density at radius 3 is 2.16 bits per heavy atom. The Balaban J connectivity index is 1.58. The van der Waals surface area contributed by atoms with E-state index in [9.17, 15) is 18.0 Å². The molecule has 8 nitrogen and oxygen atoms in total. The van der Waals surface area contributed by atoms with Crippen molar-refractivity contribution in [3.63, 3.8) is 0 Å². The van der Waals surface area contributed by atoms with Gasteiger partial charge < -0.3 is 15.0 Å². The number of amides is 2. The van der Waals surface area contributed by atoms with Crippen LogP contribution in [0.3, 0.4) is 0 Å². The Hall–Kier alpha value is -3.76. The largest absolute Gasteiger partial charge is 0.494 e. The number of carbonyl (C=O) groups excluding carboxylic acids is 2. The quantitative estimate of drug-likeness (QED) is 0.140. The van der Waals surface area contributed by atoms with Crippen LogP contribution in [0.2, 0.25) is 15.1 Å². The Labute approximate surface area is 309 Å². The van der Waals surface area contributed by atoms with Crippen LogP contribution >= 0.6 is 34.8 Å². The fraction of sp³-hybridized carbons (Fsp3) is 0.316. The first-order valence-electron chi connectivity index (χ1n) is 16.6. The molecule has 0 aliphatic heterocycles. The monoisotopic (exact) mass is 755 g/mol. The highest BCUT2D eigenvalue weighted by Crippen LogP contribution is 2.29. The molecule has 1 N–H and O–H groups in total. The summed E-state index contributed by atoms with van der Waals surface area (Å²) in [6, 6.07) is 25.6. The Morgan fingerprint density at radius 1 is 0.860 bits per heavy atom. The number of ether oxygens (including phenoxy) is 1. The van der Waals surface area contributed by atoms with E-state index in [1.807, 2.05) is 37.3 Å². The van der Waals surface area contributed by atoms with Crippen molar-refractivity contribution in [3.8, 4) is 5.75 Å². The number of rotatable bonds is 14. The molecule has 0 radical (unpaired) electrons. The van der Waals surface area contributed by atoms with Crippen LogP contribution in [0.4, 0.5) is 5.69 Å². The fourth-order valence-electron chi connectivity index (χ4n) is 6.07. The van der Waals surface area contributed by atoms with Crippen LogP contribution in [0, 0.1) is 0 Å². The van der Waals surface area contributed by atoms with E-state index in [4.69, 9.17) is 39.5 Å². The summed E-state index contributed by atoms with van der Waals surface area (Å²) in [6.45, 7) is 1.61. The minimum atomic E-state index is -4.30. The van der Waals surface area contributed by atoms with E-state index in [2.05, 4.69) is 5.32 Å². The number of anilines is 1. The van der Waals surface area contributed by atoms with E-state index in [0.29, 0.717) is 33.0 Å². The van der Waals surface area contributed by atoms with Gasteiger partial charge in [0, 0.05) is 34.1 Å². The molecule has 1 aliphatic rings. The number of hydrogen-bond donors (Lipinski definition) is 1. The zero-order valence-corrected chi connectivity index (χ0v) is 30.8. The highest BCUT2D eigenvalue weighted by atomic mass is 35.5. The molecule has 0 saturated heterocycles. The second kappa shape index (κ2) is 17.4. The summed E-state index contributed by atoms with van der Waals surface area (Å²) in [5.74, 6) is -0.359. The Morgan fingerprint density at radius 2 is 1.52 bits per heavy atom. The van der Waals surface area contributed by atoms with Crippen molar-refractivity contribution in [2.45, 2.75) is 69.0 Å². The third-order valence-corrected chi connectivity index (χ3v) is 11.3. The molecule has 264 valence electrons. The van der Waals surface area contributed by atoms with Crippen LogP contribution < -0.4 is 14.4 Å². The lowest BCUT2D eigenvalue weighted by molar-refractivity contribution is -0.140. The summed E-state index contributed by atoms with van der Waals surface area (Å²) in [5, 5.41) is 4.31. The minimum Gasteiger partial charge on any atom is -0.494 e. The number of sulfonamides is 1. The van der Waals surface area contributed by atoms with Crippen molar-refractivity contribution in [2.24, 2.45) is 0 Å². The minimum absolute atomic E-state index is 0.0174. The molecule has 4 aromatic rings. The predicted molar refractivity (Wildman–Crippen MR) is 200 cm³/mol. The van der Waals surface area contributed by atoms with E-state index in [1.54, 1.807) is 42.5 Å². The maximum Gasteiger partial charge on any atom is 0.264 e. The first-order valence-corrected chi connectivity index (χ1v) is 19.2. The van der Waals surface area contributed by atoms with Gasteiger partial charge in [0.05, 0.1) is 17.2 Å². The highest BCUT2D eigenvalue weighted by Gasteiger charge is 2.35. The number of hydrogen-bond acceptors (Lipinski definition) is 5. The van der Waals surface area contributed by atoms with Gasteiger partial charge in [-0.15, -0.1) is 0 Å². The lowest BCUT2D eigenvalue weighted by Crippen LogP contribution is -2.55. The molecule has 1 fully saturated rings. The number of nitrogens with zero attached hydrogens (tertiary/aromatic N) is 2. The molecule has 1 aliphatic carbocycles. The van der Waals surface area contributed by atoms with E-state index >= 15 is 0 Å². The van der Waals surface area contributed by atoms with Gasteiger partial charge in [0.2, 0.25) is 11.8 Å². The molecule has 0 aromatic heterocycles. The molecule has 2 amide bonds. The predicted octanol–water partition coefficient (Wildman–Crippen LogP) is 8.33.